The van der Waals surface area contributed by atoms with Gasteiger partial charge in [0.25, 0.3) is 11.8 Å². The number of ether oxygens (including phenoxy) is 1. The molecule has 0 aliphatic carbocycles. The van der Waals surface area contributed by atoms with Crippen LogP contribution >= 0.6 is 0 Å². The Morgan fingerprint density at radius 1 is 1.07 bits per heavy atom. The molecule has 10 heteroatoms. The quantitative estimate of drug-likeness (QED) is 0.196. The standard InChI is InChI=1S/C19H30N4O6/c1-29-18(27)8-4-12-21-19(28)14(6-2-3-11-20)22-15(24)7-5-13-23-16(25)9-10-17(23)26/h9-10,14H,2-8,11-13,20H2,1H3,(H,21,28)(H,22,24)/t14-/m0/s1. The van der Waals surface area contributed by atoms with Gasteiger partial charge in [-0.25, -0.2) is 0 Å². The van der Waals surface area contributed by atoms with Gasteiger partial charge in [-0.3, -0.25) is 28.9 Å². The predicted molar refractivity (Wildman–Crippen MR) is 104 cm³/mol. The zero-order valence-corrected chi connectivity index (χ0v) is 16.8. The molecule has 0 fully saturated rings. The zero-order chi connectivity index (χ0) is 21.6. The molecule has 4 amide bonds. The largest absolute Gasteiger partial charge is 0.469 e. The number of nitrogens with one attached hydrogen (secondary N) is 2. The fourth-order valence-electron chi connectivity index (χ4n) is 2.75. The number of carbonyl (C=O) groups excluding carboxylic acids is 5. The van der Waals surface area contributed by atoms with Gasteiger partial charge in [0.2, 0.25) is 11.8 Å². The van der Waals surface area contributed by atoms with Gasteiger partial charge in [0.15, 0.2) is 0 Å². The van der Waals surface area contributed by atoms with Gasteiger partial charge < -0.3 is 21.1 Å². The van der Waals surface area contributed by atoms with Crippen molar-refractivity contribution in [1.29, 1.82) is 0 Å². The Bertz CT molecular complexity index is 616. The number of esters is 1. The summed E-state index contributed by atoms with van der Waals surface area (Å²) in [6, 6.07) is -0.705. The number of nitrogens with two attached hydrogens (primary N) is 1. The summed E-state index contributed by atoms with van der Waals surface area (Å²) in [5.74, 6) is -1.78. The number of unbranched alkanes of at least 4 members (excludes halogenated alkanes) is 1. The van der Waals surface area contributed by atoms with Crippen LogP contribution in [0, 0.1) is 0 Å². The van der Waals surface area contributed by atoms with Crippen molar-refractivity contribution < 1.29 is 28.7 Å². The van der Waals surface area contributed by atoms with Gasteiger partial charge in [-0.05, 0) is 38.6 Å². The summed E-state index contributed by atoms with van der Waals surface area (Å²) in [4.78, 5) is 59.7. The lowest BCUT2D eigenvalue weighted by molar-refractivity contribution is -0.141. The lowest BCUT2D eigenvalue weighted by Gasteiger charge is -2.19. The normalized spacial score (nSPS) is 14.1. The minimum absolute atomic E-state index is 0.0834. The Balaban J connectivity index is 2.41. The van der Waals surface area contributed by atoms with E-state index >= 15 is 0 Å². The topological polar surface area (TPSA) is 148 Å². The molecular formula is C19H30N4O6. The molecule has 1 rings (SSSR count). The van der Waals surface area contributed by atoms with Crippen molar-refractivity contribution in [3.63, 3.8) is 0 Å². The van der Waals surface area contributed by atoms with Gasteiger partial charge in [-0.2, -0.15) is 0 Å². The highest BCUT2D eigenvalue weighted by molar-refractivity contribution is 6.12. The van der Waals surface area contributed by atoms with Crippen LogP contribution in [0.3, 0.4) is 0 Å². The van der Waals surface area contributed by atoms with Crippen LogP contribution in [0.2, 0.25) is 0 Å². The molecule has 4 N–H and O–H groups in total. The molecule has 0 spiro atoms. The zero-order valence-electron chi connectivity index (χ0n) is 16.8. The number of methoxy groups -OCH3 is 1. The Kier molecular flexibility index (Phi) is 11.2. The Labute approximate surface area is 170 Å². The van der Waals surface area contributed by atoms with Crippen molar-refractivity contribution in [2.45, 2.75) is 51.0 Å². The second-order valence-electron chi connectivity index (χ2n) is 6.64. The van der Waals surface area contributed by atoms with Crippen LogP contribution in [-0.2, 0) is 28.7 Å². The molecule has 1 aliphatic heterocycles. The van der Waals surface area contributed by atoms with E-state index in [-0.39, 0.29) is 49.0 Å². The first-order chi connectivity index (χ1) is 13.9. The first kappa shape index (κ1) is 24.3. The number of rotatable bonds is 14. The Morgan fingerprint density at radius 3 is 2.38 bits per heavy atom. The molecule has 1 atom stereocenters. The van der Waals surface area contributed by atoms with Gasteiger partial charge in [0.1, 0.15) is 6.04 Å². The van der Waals surface area contributed by atoms with Crippen LogP contribution in [0.15, 0.2) is 12.2 Å². The summed E-state index contributed by atoms with van der Waals surface area (Å²) in [6.07, 6.45) is 5.27. The van der Waals surface area contributed by atoms with E-state index in [1.807, 2.05) is 0 Å². The number of nitrogens with zero attached hydrogens (tertiary/aromatic N) is 1. The summed E-state index contributed by atoms with van der Waals surface area (Å²) >= 11 is 0. The number of hydrogen-bond acceptors (Lipinski definition) is 7. The van der Waals surface area contributed by atoms with Crippen LogP contribution < -0.4 is 16.4 Å². The van der Waals surface area contributed by atoms with Crippen LogP contribution in [0.25, 0.3) is 0 Å². The number of imide groups is 1. The van der Waals surface area contributed by atoms with Gasteiger partial charge in [0, 0.05) is 38.1 Å². The van der Waals surface area contributed by atoms with Crippen molar-refractivity contribution in [3.8, 4) is 0 Å². The maximum atomic E-state index is 12.4. The van der Waals surface area contributed by atoms with E-state index in [2.05, 4.69) is 15.4 Å². The van der Waals surface area contributed by atoms with E-state index in [4.69, 9.17) is 5.73 Å². The van der Waals surface area contributed by atoms with Gasteiger partial charge in [-0.1, -0.05) is 0 Å². The summed E-state index contributed by atoms with van der Waals surface area (Å²) in [6.45, 7) is 0.937. The first-order valence-corrected chi connectivity index (χ1v) is 9.76. The minimum atomic E-state index is -0.705. The third kappa shape index (κ3) is 9.33. The van der Waals surface area contributed by atoms with Crippen molar-refractivity contribution >= 4 is 29.6 Å². The second-order valence-corrected chi connectivity index (χ2v) is 6.64. The third-order valence-corrected chi connectivity index (χ3v) is 4.37. The molecule has 0 aromatic carbocycles. The van der Waals surface area contributed by atoms with Crippen molar-refractivity contribution in [1.82, 2.24) is 15.5 Å². The molecule has 1 heterocycles. The number of carbonyl (C=O) groups is 5. The van der Waals surface area contributed by atoms with E-state index in [0.717, 1.165) is 11.3 Å². The van der Waals surface area contributed by atoms with Crippen LogP contribution in [-0.4, -0.2) is 67.3 Å². The highest BCUT2D eigenvalue weighted by Gasteiger charge is 2.24. The van der Waals surface area contributed by atoms with E-state index in [1.54, 1.807) is 0 Å². The number of hydrogen-bond donors (Lipinski definition) is 3. The van der Waals surface area contributed by atoms with E-state index < -0.39 is 6.04 Å². The lowest BCUT2D eigenvalue weighted by atomic mass is 10.1. The molecule has 0 aromatic heterocycles. The van der Waals surface area contributed by atoms with Crippen LogP contribution in [0.1, 0.15) is 44.9 Å². The number of amides is 4. The van der Waals surface area contributed by atoms with Gasteiger partial charge >= 0.3 is 5.97 Å². The van der Waals surface area contributed by atoms with E-state index in [0.29, 0.717) is 38.8 Å². The minimum Gasteiger partial charge on any atom is -0.469 e. The predicted octanol–water partition coefficient (Wildman–Crippen LogP) is -0.625. The van der Waals surface area contributed by atoms with Crippen molar-refractivity contribution in [3.05, 3.63) is 12.2 Å². The second kappa shape index (κ2) is 13.4. The molecule has 0 radical (unpaired) electrons. The fourth-order valence-corrected chi connectivity index (χ4v) is 2.75. The van der Waals surface area contributed by atoms with Crippen molar-refractivity contribution in [2.75, 3.05) is 26.7 Å². The first-order valence-electron chi connectivity index (χ1n) is 9.76. The summed E-state index contributed by atoms with van der Waals surface area (Å²) < 4.78 is 4.54. The molecule has 0 bridgehead atoms. The van der Waals surface area contributed by atoms with Crippen molar-refractivity contribution in [2.24, 2.45) is 5.73 Å². The lowest BCUT2D eigenvalue weighted by Crippen LogP contribution is -2.47. The van der Waals surface area contributed by atoms with Gasteiger partial charge in [0.05, 0.1) is 7.11 Å². The third-order valence-electron chi connectivity index (χ3n) is 4.37. The Morgan fingerprint density at radius 2 is 1.76 bits per heavy atom. The molecule has 0 unspecified atom stereocenters. The monoisotopic (exact) mass is 410 g/mol. The highest BCUT2D eigenvalue weighted by atomic mass is 16.5. The van der Waals surface area contributed by atoms with Gasteiger partial charge in [-0.15, -0.1) is 0 Å². The molecular weight excluding hydrogens is 380 g/mol. The molecule has 10 nitrogen and oxygen atoms in total. The molecule has 0 saturated heterocycles. The van der Waals surface area contributed by atoms with Crippen LogP contribution in [0.4, 0.5) is 0 Å². The molecule has 29 heavy (non-hydrogen) atoms. The smallest absolute Gasteiger partial charge is 0.305 e. The summed E-state index contributed by atoms with van der Waals surface area (Å²) in [7, 11) is 1.30. The Hall–Kier alpha value is -2.75. The maximum Gasteiger partial charge on any atom is 0.305 e. The van der Waals surface area contributed by atoms with Crippen LogP contribution in [0.5, 0.6) is 0 Å². The highest BCUT2D eigenvalue weighted by Crippen LogP contribution is 2.06. The maximum absolute atomic E-state index is 12.4. The fraction of sp³-hybridized carbons (Fsp3) is 0.632. The molecule has 0 saturated carbocycles. The molecule has 0 aromatic rings. The average Bonchev–Trinajstić information content (AvgIpc) is 3.02. The average molecular weight is 410 g/mol. The molecule has 162 valence electrons. The summed E-state index contributed by atoms with van der Waals surface area (Å²) in [5.41, 5.74) is 5.48. The van der Waals surface area contributed by atoms with E-state index in [9.17, 15) is 24.0 Å². The van der Waals surface area contributed by atoms with E-state index in [1.165, 1.54) is 19.3 Å². The molecule has 1 aliphatic rings. The SMILES string of the molecule is COC(=O)CCCNC(=O)[C@H](CCCCN)NC(=O)CCCN1C(=O)C=CC1=O. The summed E-state index contributed by atoms with van der Waals surface area (Å²) in [5, 5.41) is 5.41.